The largest absolute Gasteiger partial charge is 0.481 e. The molecule has 32 heteroatoms. The van der Waals surface area contributed by atoms with Gasteiger partial charge in [-0.25, -0.2) is 28.6 Å². The second-order valence-electron chi connectivity index (χ2n) is 14.3. The Morgan fingerprint density at radius 3 is 2.31 bits per heavy atom. The molecule has 9 atom stereocenters. The van der Waals surface area contributed by atoms with Crippen LogP contribution in [0.3, 0.4) is 0 Å². The maximum atomic E-state index is 12.7. The minimum absolute atomic E-state index is 0.0210. The first kappa shape index (κ1) is 53.1. The van der Waals surface area contributed by atoms with Gasteiger partial charge in [0.15, 0.2) is 17.7 Å². The van der Waals surface area contributed by atoms with Gasteiger partial charge in [0.2, 0.25) is 17.7 Å². The van der Waals surface area contributed by atoms with Crippen molar-refractivity contribution in [1.82, 2.24) is 35.5 Å². The standard InChI is InChI=1S/C30H52N9O19P3S/c1-16(26(43)34-8-5-4-6-17(31)29(45)46)62-11-10-33-19(40)7-9-35-27(44)23(42)30(2,3)13-55-61(52,53)58-60(50,51)54-12-18-22(57-59(47,48)49)21(41)28(56-18)39-15-38-20-24(32)36-14-37-25(20)39/h14-18,21-23,28,41-42H,4-13,31H2,1-3H3,(H,33,40)(H,34,43)(H,35,44)(H,45,46)(H,50,51)(H,52,53)(H2,32,36,37)(H2,47,48,49). The molecule has 14 N–H and O–H groups in total. The van der Waals surface area contributed by atoms with E-state index in [1.807, 2.05) is 0 Å². The van der Waals surface area contributed by atoms with Crippen LogP contribution in [-0.4, -0.2) is 152 Å². The van der Waals surface area contributed by atoms with Crippen molar-refractivity contribution in [2.75, 3.05) is 44.3 Å². The van der Waals surface area contributed by atoms with Gasteiger partial charge in [0.25, 0.3) is 0 Å². The Labute approximate surface area is 357 Å². The number of carbonyl (C=O) groups excluding carboxylic acids is 3. The second-order valence-corrected chi connectivity index (χ2v) is 20.0. The topological polar surface area (TPSA) is 439 Å². The van der Waals surface area contributed by atoms with Crippen LogP contribution in [0.1, 0.15) is 52.7 Å². The quantitative estimate of drug-likeness (QED) is 0.0348. The van der Waals surface area contributed by atoms with Crippen LogP contribution in [0, 0.1) is 5.41 Å². The Balaban J connectivity index is 1.40. The molecule has 1 fully saturated rings. The number of amides is 3. The number of carboxylic acids is 1. The number of imidazole rings is 1. The summed E-state index contributed by atoms with van der Waals surface area (Å²) in [5, 5.41) is 37.6. The molecule has 2 aromatic heterocycles. The number of hydrogen-bond donors (Lipinski definition) is 12. The number of aliphatic carboxylic acids is 1. The highest BCUT2D eigenvalue weighted by Gasteiger charge is 2.50. The molecule has 28 nitrogen and oxygen atoms in total. The molecule has 0 aromatic carbocycles. The number of rotatable bonds is 27. The third-order valence-electron chi connectivity index (χ3n) is 8.80. The number of anilines is 1. The molecule has 3 rings (SSSR count). The molecule has 1 aliphatic heterocycles. The van der Waals surface area contributed by atoms with Crippen LogP contribution in [-0.2, 0) is 55.5 Å². The van der Waals surface area contributed by atoms with Gasteiger partial charge in [0.05, 0.1) is 24.8 Å². The Morgan fingerprint density at radius 1 is 0.984 bits per heavy atom. The summed E-state index contributed by atoms with van der Waals surface area (Å²) in [4.78, 5) is 98.9. The molecule has 1 aliphatic rings. The minimum atomic E-state index is -5.59. The van der Waals surface area contributed by atoms with Gasteiger partial charge in [-0.3, -0.25) is 37.3 Å². The van der Waals surface area contributed by atoms with Crippen LogP contribution >= 0.6 is 35.2 Å². The fraction of sp³-hybridized carbons (Fsp3) is 0.700. The normalized spacial score (nSPS) is 21.6. The lowest BCUT2D eigenvalue weighted by atomic mass is 9.87. The number of aliphatic hydroxyl groups is 2. The SMILES string of the molecule is CC(SCCNC(=O)CCNC(=O)C(O)C(C)(C)COP(=O)(O)OP(=O)(O)OCC1OC(n2cnc3c(N)ncnc32)C(O)C1OP(=O)(O)O)C(=O)NCCCCC(N)C(=O)O. The van der Waals surface area contributed by atoms with E-state index in [9.17, 15) is 62.7 Å². The van der Waals surface area contributed by atoms with E-state index in [0.717, 1.165) is 17.2 Å². The molecule has 2 aromatic rings. The average molecular weight is 968 g/mol. The van der Waals surface area contributed by atoms with Gasteiger partial charge in [-0.05, 0) is 26.2 Å². The highest BCUT2D eigenvalue weighted by Crippen LogP contribution is 2.61. The summed E-state index contributed by atoms with van der Waals surface area (Å²) in [5.41, 5.74) is 9.66. The molecule has 0 spiro atoms. The number of ether oxygens (including phenoxy) is 1. The van der Waals surface area contributed by atoms with Gasteiger partial charge in [0, 0.05) is 37.2 Å². The Bertz CT molecular complexity index is 2010. The fourth-order valence-electron chi connectivity index (χ4n) is 5.41. The van der Waals surface area contributed by atoms with E-state index in [4.69, 9.17) is 30.4 Å². The molecule has 0 bridgehead atoms. The van der Waals surface area contributed by atoms with Crippen LogP contribution in [0.15, 0.2) is 12.7 Å². The number of unbranched alkanes of at least 4 members (excludes halogenated alkanes) is 1. The van der Waals surface area contributed by atoms with Gasteiger partial charge in [-0.2, -0.15) is 4.31 Å². The highest BCUT2D eigenvalue weighted by molar-refractivity contribution is 8.00. The number of phosphoric acid groups is 3. The summed E-state index contributed by atoms with van der Waals surface area (Å²) in [6.45, 7) is 2.44. The minimum Gasteiger partial charge on any atom is -0.480 e. The van der Waals surface area contributed by atoms with Crippen molar-refractivity contribution in [3.05, 3.63) is 12.7 Å². The number of thioether (sulfide) groups is 1. The number of nitrogens with one attached hydrogen (secondary N) is 3. The number of nitrogen functional groups attached to an aromatic ring is 1. The van der Waals surface area contributed by atoms with E-state index >= 15 is 0 Å². The number of aliphatic hydroxyl groups excluding tert-OH is 2. The van der Waals surface area contributed by atoms with E-state index in [1.165, 1.54) is 25.6 Å². The highest BCUT2D eigenvalue weighted by atomic mass is 32.2. The van der Waals surface area contributed by atoms with Crippen LogP contribution in [0.25, 0.3) is 11.2 Å². The second kappa shape index (κ2) is 23.1. The monoisotopic (exact) mass is 967 g/mol. The lowest BCUT2D eigenvalue weighted by Gasteiger charge is -2.30. The molecule has 3 amide bonds. The molecule has 62 heavy (non-hydrogen) atoms. The van der Waals surface area contributed by atoms with Crippen molar-refractivity contribution in [3.8, 4) is 0 Å². The van der Waals surface area contributed by atoms with Crippen LogP contribution in [0.2, 0.25) is 0 Å². The first-order valence-electron chi connectivity index (χ1n) is 18.5. The Morgan fingerprint density at radius 2 is 1.65 bits per heavy atom. The summed E-state index contributed by atoms with van der Waals surface area (Å²) in [6.07, 6.45) is -5.65. The zero-order valence-electron chi connectivity index (χ0n) is 33.5. The van der Waals surface area contributed by atoms with Gasteiger partial charge >= 0.3 is 29.4 Å². The summed E-state index contributed by atoms with van der Waals surface area (Å²) in [7, 11) is -16.5. The van der Waals surface area contributed by atoms with Crippen LogP contribution < -0.4 is 27.4 Å². The van der Waals surface area contributed by atoms with Crippen molar-refractivity contribution in [1.29, 1.82) is 0 Å². The molecule has 3 heterocycles. The number of hydrogen-bond acceptors (Lipinski definition) is 20. The van der Waals surface area contributed by atoms with E-state index in [1.54, 1.807) is 6.92 Å². The lowest BCUT2D eigenvalue weighted by Crippen LogP contribution is -2.46. The van der Waals surface area contributed by atoms with E-state index in [0.29, 0.717) is 31.6 Å². The smallest absolute Gasteiger partial charge is 0.480 e. The summed E-state index contributed by atoms with van der Waals surface area (Å²) in [5.74, 6) is -2.43. The maximum Gasteiger partial charge on any atom is 0.481 e. The van der Waals surface area contributed by atoms with Gasteiger partial charge in [-0.1, -0.05) is 13.8 Å². The lowest BCUT2D eigenvalue weighted by molar-refractivity contribution is -0.139. The average Bonchev–Trinajstić information content (AvgIpc) is 3.73. The summed E-state index contributed by atoms with van der Waals surface area (Å²) < 4.78 is 62.2. The number of nitrogens with two attached hydrogens (primary N) is 2. The molecule has 0 radical (unpaired) electrons. The molecule has 352 valence electrons. The van der Waals surface area contributed by atoms with Crippen molar-refractivity contribution in [2.45, 2.75) is 88.4 Å². The zero-order valence-corrected chi connectivity index (χ0v) is 37.0. The van der Waals surface area contributed by atoms with Crippen molar-refractivity contribution >= 4 is 75.9 Å². The Kier molecular flexibility index (Phi) is 19.8. The summed E-state index contributed by atoms with van der Waals surface area (Å²) >= 11 is 1.28. The first-order chi connectivity index (χ1) is 28.7. The van der Waals surface area contributed by atoms with Crippen molar-refractivity contribution < 1.29 is 90.4 Å². The van der Waals surface area contributed by atoms with Crippen molar-refractivity contribution in [3.63, 3.8) is 0 Å². The molecule has 1 saturated heterocycles. The van der Waals surface area contributed by atoms with E-state index in [2.05, 4.69) is 39.7 Å². The third-order valence-corrected chi connectivity index (χ3v) is 13.1. The predicted molar refractivity (Wildman–Crippen MR) is 214 cm³/mol. The van der Waals surface area contributed by atoms with Gasteiger partial charge in [0.1, 0.15) is 42.3 Å². The number of fused-ring (bicyclic) bond motifs is 1. The maximum absolute atomic E-state index is 12.7. The molecule has 0 aliphatic carbocycles. The first-order valence-corrected chi connectivity index (χ1v) is 24.1. The van der Waals surface area contributed by atoms with E-state index in [-0.39, 0.29) is 42.4 Å². The van der Waals surface area contributed by atoms with Gasteiger partial charge in [-0.15, -0.1) is 11.8 Å². The van der Waals surface area contributed by atoms with Gasteiger partial charge < -0.3 is 67.0 Å². The number of carboxylic acid groups (broad SMARTS) is 1. The van der Waals surface area contributed by atoms with Crippen LogP contribution in [0.5, 0.6) is 0 Å². The van der Waals surface area contributed by atoms with Crippen LogP contribution in [0.4, 0.5) is 5.82 Å². The number of nitrogens with zero attached hydrogens (tertiary/aromatic N) is 4. The predicted octanol–water partition coefficient (Wildman–Crippen LogP) is -1.77. The fourth-order valence-corrected chi connectivity index (χ4v) is 9.05. The molecular weight excluding hydrogens is 915 g/mol. The van der Waals surface area contributed by atoms with E-state index < -0.39 is 102 Å². The molecule has 9 unspecified atom stereocenters. The Hall–Kier alpha value is -3.21. The number of carbonyl (C=O) groups is 4. The summed E-state index contributed by atoms with van der Waals surface area (Å²) in [6, 6.07) is -0.950. The molecular formula is C30H52N9O19P3S. The number of phosphoric ester groups is 3. The third kappa shape index (κ3) is 16.7. The number of aromatic nitrogens is 4. The van der Waals surface area contributed by atoms with Crippen molar-refractivity contribution in [2.24, 2.45) is 11.1 Å². The molecule has 0 saturated carbocycles. The zero-order chi connectivity index (χ0) is 46.6.